The van der Waals surface area contributed by atoms with E-state index in [1.165, 1.54) is 49.2 Å². The van der Waals surface area contributed by atoms with Crippen LogP contribution in [0.2, 0.25) is 0 Å². The molecule has 19 nitrogen and oxygen atoms in total. The van der Waals surface area contributed by atoms with E-state index >= 15 is 0 Å². The Labute approximate surface area is 569 Å². The van der Waals surface area contributed by atoms with E-state index in [4.69, 9.17) is 42.4 Å². The quantitative estimate of drug-likeness (QED) is 0.0423. The van der Waals surface area contributed by atoms with E-state index < -0.39 is 45.0 Å². The second kappa shape index (κ2) is 44.3. The van der Waals surface area contributed by atoms with Gasteiger partial charge < -0.3 is 63.6 Å². The summed E-state index contributed by atoms with van der Waals surface area (Å²) < 4.78 is 165. The third kappa shape index (κ3) is 32.2. The maximum absolute atomic E-state index is 13.1. The monoisotopic (exact) mass is 1410 g/mol. The number of carbonyl (C=O) groups is 3. The van der Waals surface area contributed by atoms with Crippen LogP contribution in [0, 0.1) is 76.1 Å². The second-order valence-electron chi connectivity index (χ2n) is 23.8. The average molecular weight is 1410 g/mol. The van der Waals surface area contributed by atoms with Crippen LogP contribution in [0.15, 0.2) is 103 Å². The molecule has 5 aliphatic rings. The minimum absolute atomic E-state index is 0.0582. The minimum Gasteiger partial charge on any atom is -0.508 e. The first-order chi connectivity index (χ1) is 47.0. The Balaban J connectivity index is 0.000000215. The molecule has 5 unspecified atom stereocenters. The van der Waals surface area contributed by atoms with Gasteiger partial charge in [0, 0.05) is 112 Å². The number of rotatable bonds is 18. The van der Waals surface area contributed by atoms with Crippen molar-refractivity contribution in [3.63, 3.8) is 0 Å². The van der Waals surface area contributed by atoms with E-state index in [0.29, 0.717) is 114 Å². The molecule has 10 rings (SSSR count). The Hall–Kier alpha value is -7.82. The predicted octanol–water partition coefficient (Wildman–Crippen LogP) is 13.3. The standard InChI is InChI=1S/C15H19F2NO3.C15H20FNO3.C12H15F2NO.C12H16FNO.C10H19NO5S.C6H4F2O/c1-2-20-15(19)18-7-3-4-11(9-18)10-21-12-5-6-13(16)14(17)8-12;1-2-19-15(18)17-8-4-5-12(10-17)11-20-14-7-3-6-13(16)9-14;13-11-4-3-10(6-12(11)14)16-8-9-2-1-5-15-7-9;13-11-4-1-5-12(7-11)15-9-10-3-2-6-14-8-10;1-3-15-10(12)11-6-4-5-9(7-11)8-16-17(2,13)14;7-5-2-1-4(9)3-6(5)8/h5-6,8,11H,2-4,7,9-10H2,1H3;3,6-7,9,12H,2,4-5,8,10-11H2,1H3;3-4,6,9,15H,1-2,5,7-8H2;1,4-5,7,10,14H,2-3,6,8-9H2;9H,3-8H2,1-2H3;1-3,9H. The Bertz CT molecular complexity index is 3280. The lowest BCUT2D eigenvalue weighted by atomic mass is 9.99. The molecule has 5 aromatic rings. The molecule has 5 saturated heterocycles. The van der Waals surface area contributed by atoms with Crippen molar-refractivity contribution in [2.45, 2.75) is 85.0 Å². The van der Waals surface area contributed by atoms with E-state index in [1.54, 1.807) is 59.7 Å². The highest BCUT2D eigenvalue weighted by atomic mass is 32.2. The summed E-state index contributed by atoms with van der Waals surface area (Å²) in [5, 5.41) is 15.1. The first kappa shape index (κ1) is 80.9. The smallest absolute Gasteiger partial charge is 0.409 e. The largest absolute Gasteiger partial charge is 0.508 e. The maximum atomic E-state index is 13.1. The lowest BCUT2D eigenvalue weighted by molar-refractivity contribution is 0.0783. The highest BCUT2D eigenvalue weighted by Gasteiger charge is 2.28. The van der Waals surface area contributed by atoms with Crippen molar-refractivity contribution in [3.05, 3.63) is 150 Å². The van der Waals surface area contributed by atoms with Crippen LogP contribution in [0.1, 0.15) is 85.0 Å². The van der Waals surface area contributed by atoms with Crippen LogP contribution in [0.25, 0.3) is 0 Å². The molecule has 0 aliphatic carbocycles. The number of carbonyl (C=O) groups excluding carboxylic acids is 3. The molecule has 28 heteroatoms. The van der Waals surface area contributed by atoms with Gasteiger partial charge in [0.25, 0.3) is 10.1 Å². The number of hydrogen-bond donors (Lipinski definition) is 3. The van der Waals surface area contributed by atoms with Crippen LogP contribution in [0.3, 0.4) is 0 Å². The van der Waals surface area contributed by atoms with Crippen LogP contribution >= 0.6 is 0 Å². The summed E-state index contributed by atoms with van der Waals surface area (Å²) in [7, 11) is -3.41. The number of phenolic OH excluding ortho intramolecular Hbond substituents is 1. The molecule has 5 heterocycles. The number of nitrogens with one attached hydrogen (secondary N) is 2. The first-order valence-electron chi connectivity index (χ1n) is 33.1. The van der Waals surface area contributed by atoms with Gasteiger partial charge in [0.05, 0.1) is 59.1 Å². The van der Waals surface area contributed by atoms with Crippen molar-refractivity contribution in [3.8, 4) is 28.7 Å². The van der Waals surface area contributed by atoms with Crippen LogP contribution in [0.5, 0.6) is 28.7 Å². The Morgan fingerprint density at radius 1 is 0.439 bits per heavy atom. The van der Waals surface area contributed by atoms with E-state index in [2.05, 4.69) is 10.6 Å². The van der Waals surface area contributed by atoms with Crippen LogP contribution < -0.4 is 29.6 Å². The minimum atomic E-state index is -3.41. The topological polar surface area (TPSA) is 213 Å². The third-order valence-electron chi connectivity index (χ3n) is 15.7. The Morgan fingerprint density at radius 3 is 1.09 bits per heavy atom. The first-order valence-corrected chi connectivity index (χ1v) is 34.9. The van der Waals surface area contributed by atoms with Gasteiger partial charge >= 0.3 is 18.3 Å². The summed E-state index contributed by atoms with van der Waals surface area (Å²) in [5.41, 5.74) is 0. The number of amides is 3. The maximum Gasteiger partial charge on any atom is 0.409 e. The number of benzene rings is 5. The van der Waals surface area contributed by atoms with Gasteiger partial charge in [0.15, 0.2) is 34.9 Å². The molecule has 0 bridgehead atoms. The molecule has 3 amide bonds. The van der Waals surface area contributed by atoms with Crippen molar-refractivity contribution in [1.82, 2.24) is 25.3 Å². The molecule has 5 aliphatic heterocycles. The van der Waals surface area contributed by atoms with Gasteiger partial charge in [-0.3, -0.25) is 4.18 Å². The summed E-state index contributed by atoms with van der Waals surface area (Å²) in [6.07, 6.45) is 10.3. The van der Waals surface area contributed by atoms with Gasteiger partial charge in [-0.05, 0) is 159 Å². The third-order valence-corrected chi connectivity index (χ3v) is 16.2. The molecule has 5 atom stereocenters. The summed E-state index contributed by atoms with van der Waals surface area (Å²) in [5.74, 6) is -2.99. The molecule has 0 saturated carbocycles. The second-order valence-corrected chi connectivity index (χ2v) is 25.4. The number of nitrogens with zero attached hydrogens (tertiary/aromatic N) is 3. The molecule has 5 aromatic carbocycles. The van der Waals surface area contributed by atoms with E-state index in [0.717, 1.165) is 133 Å². The van der Waals surface area contributed by atoms with Gasteiger partial charge in [-0.15, -0.1) is 0 Å². The van der Waals surface area contributed by atoms with Gasteiger partial charge in [-0.1, -0.05) is 12.1 Å². The SMILES string of the molecule is CCOC(=O)N1CCCC(COS(C)(=O)=O)C1.CCOC(=O)N1CCCC(COc2ccc(F)c(F)c2)C1.CCOC(=O)N1CCCC(COc2cccc(F)c2)C1.Fc1ccc(OCC2CCCNC2)cc1F.Fc1cccc(OCC2CCCNC2)c1.Oc1ccc(F)c(F)c1. The van der Waals surface area contributed by atoms with Gasteiger partial charge in [0.2, 0.25) is 0 Å². The molecular weight excluding hydrogens is 1320 g/mol. The number of hydrogen-bond acceptors (Lipinski definition) is 16. The van der Waals surface area contributed by atoms with Gasteiger partial charge in [0.1, 0.15) is 40.4 Å². The van der Waals surface area contributed by atoms with Crippen molar-refractivity contribution in [2.75, 3.05) is 125 Å². The fourth-order valence-corrected chi connectivity index (χ4v) is 11.1. The average Bonchev–Trinajstić information content (AvgIpc) is 1.08. The van der Waals surface area contributed by atoms with E-state index in [-0.39, 0.29) is 60.0 Å². The lowest BCUT2D eigenvalue weighted by Gasteiger charge is -2.31. The van der Waals surface area contributed by atoms with Gasteiger partial charge in [-0.2, -0.15) is 8.42 Å². The number of piperidine rings is 5. The molecule has 0 spiro atoms. The van der Waals surface area contributed by atoms with E-state index in [1.807, 2.05) is 0 Å². The molecule has 0 radical (unpaired) electrons. The number of halogens is 8. The normalized spacial score (nSPS) is 19.0. The molecular formula is C70H93F8N5O14S. The number of phenols is 1. The van der Waals surface area contributed by atoms with Crippen molar-refractivity contribution in [1.29, 1.82) is 0 Å². The van der Waals surface area contributed by atoms with Crippen molar-refractivity contribution >= 4 is 28.4 Å². The van der Waals surface area contributed by atoms with Crippen LogP contribution in [0.4, 0.5) is 49.5 Å². The zero-order chi connectivity index (χ0) is 71.2. The fourth-order valence-electron chi connectivity index (χ4n) is 10.7. The molecule has 544 valence electrons. The molecule has 0 aromatic heterocycles. The summed E-state index contributed by atoms with van der Waals surface area (Å²) in [6, 6.07) is 22.2. The van der Waals surface area contributed by atoms with Crippen LogP contribution in [-0.2, 0) is 28.5 Å². The molecule has 3 N–H and O–H groups in total. The predicted molar refractivity (Wildman–Crippen MR) is 351 cm³/mol. The summed E-state index contributed by atoms with van der Waals surface area (Å²) in [4.78, 5) is 39.8. The summed E-state index contributed by atoms with van der Waals surface area (Å²) >= 11 is 0. The molecule has 98 heavy (non-hydrogen) atoms. The van der Waals surface area contributed by atoms with Crippen LogP contribution in [-0.4, -0.2) is 171 Å². The highest BCUT2D eigenvalue weighted by Crippen LogP contribution is 2.25. The van der Waals surface area contributed by atoms with E-state index in [9.17, 15) is 57.9 Å². The number of likely N-dealkylation sites (tertiary alicyclic amines) is 3. The highest BCUT2D eigenvalue weighted by molar-refractivity contribution is 7.86. The molecule has 5 fully saturated rings. The number of aromatic hydroxyl groups is 1. The Kier molecular flexibility index (Phi) is 36.5. The van der Waals surface area contributed by atoms with Crippen molar-refractivity contribution < 1.29 is 100 Å². The zero-order valence-electron chi connectivity index (χ0n) is 56.0. The fraction of sp³-hybridized carbons (Fsp3) is 0.529. The number of ether oxygens (including phenoxy) is 7. The lowest BCUT2D eigenvalue weighted by Crippen LogP contribution is -2.41. The summed E-state index contributed by atoms with van der Waals surface area (Å²) in [6.45, 7) is 16.5. The zero-order valence-corrected chi connectivity index (χ0v) is 56.8. The van der Waals surface area contributed by atoms with Crippen molar-refractivity contribution in [2.24, 2.45) is 29.6 Å². The van der Waals surface area contributed by atoms with Gasteiger partial charge in [-0.25, -0.2) is 49.5 Å². The Morgan fingerprint density at radius 2 is 0.776 bits per heavy atom.